The van der Waals surface area contributed by atoms with Crippen molar-refractivity contribution in [2.24, 2.45) is 11.7 Å². The van der Waals surface area contributed by atoms with E-state index in [0.717, 1.165) is 41.0 Å². The van der Waals surface area contributed by atoms with Crippen LogP contribution in [0.4, 0.5) is 4.39 Å². The standard InChI is InChI=1S/C20H23FN4OS.ClH/c1-12-7-8-24(16(9-12)11-22)19(26)18-10-17-13(2)23-25(20(17)27-18)15-5-3-14(21)4-6-15;/h3-6,10,12,16H,7-9,11,22H2,1-2H3;1H. The molecule has 8 heteroatoms. The summed E-state index contributed by atoms with van der Waals surface area (Å²) in [5.74, 6) is 0.357. The predicted octanol–water partition coefficient (Wildman–Crippen LogP) is 4.16. The molecule has 28 heavy (non-hydrogen) atoms. The predicted molar refractivity (Wildman–Crippen MR) is 113 cm³/mol. The van der Waals surface area contributed by atoms with Crippen molar-refractivity contribution in [3.05, 3.63) is 46.7 Å². The van der Waals surface area contributed by atoms with Crippen molar-refractivity contribution in [2.75, 3.05) is 13.1 Å². The maximum atomic E-state index is 13.2. The Hall–Kier alpha value is -1.96. The SMILES string of the molecule is Cc1nn(-c2ccc(F)cc2)c2sc(C(=O)N3CCC(C)CC3CN)cc12.Cl. The number of hydrogen-bond acceptors (Lipinski definition) is 4. The summed E-state index contributed by atoms with van der Waals surface area (Å²) in [5, 5.41) is 5.52. The first kappa shape index (κ1) is 20.8. The van der Waals surface area contributed by atoms with Gasteiger partial charge in [-0.1, -0.05) is 6.92 Å². The van der Waals surface area contributed by atoms with Gasteiger partial charge in [-0.25, -0.2) is 9.07 Å². The molecule has 0 saturated carbocycles. The van der Waals surface area contributed by atoms with Crippen LogP contribution in [0.3, 0.4) is 0 Å². The Balaban J connectivity index is 0.00000225. The number of likely N-dealkylation sites (tertiary alicyclic amines) is 1. The normalized spacial score (nSPS) is 19.6. The van der Waals surface area contributed by atoms with E-state index in [4.69, 9.17) is 5.73 Å². The molecule has 1 saturated heterocycles. The van der Waals surface area contributed by atoms with Gasteiger partial charge in [0.15, 0.2) is 0 Å². The number of thiophene rings is 1. The molecule has 0 aliphatic carbocycles. The highest BCUT2D eigenvalue weighted by Gasteiger charge is 2.31. The molecule has 0 bridgehead atoms. The van der Waals surface area contributed by atoms with Gasteiger partial charge in [-0.05, 0) is 56.0 Å². The van der Waals surface area contributed by atoms with Gasteiger partial charge >= 0.3 is 0 Å². The fourth-order valence-corrected chi connectivity index (χ4v) is 4.93. The number of halogens is 2. The number of fused-ring (bicyclic) bond motifs is 1. The second kappa shape index (κ2) is 8.19. The molecule has 1 aliphatic rings. The Kier molecular flexibility index (Phi) is 6.07. The number of rotatable bonds is 3. The van der Waals surface area contributed by atoms with E-state index < -0.39 is 0 Å². The van der Waals surface area contributed by atoms with E-state index >= 15 is 0 Å². The second-order valence-electron chi connectivity index (χ2n) is 7.32. The number of hydrogen-bond donors (Lipinski definition) is 1. The Morgan fingerprint density at radius 3 is 2.75 bits per heavy atom. The first-order valence-electron chi connectivity index (χ1n) is 9.24. The van der Waals surface area contributed by atoms with Gasteiger partial charge in [0.25, 0.3) is 5.91 Å². The van der Waals surface area contributed by atoms with E-state index in [9.17, 15) is 9.18 Å². The lowest BCUT2D eigenvalue weighted by atomic mass is 9.92. The second-order valence-corrected chi connectivity index (χ2v) is 8.35. The van der Waals surface area contributed by atoms with Crippen LogP contribution >= 0.6 is 23.7 Å². The van der Waals surface area contributed by atoms with Crippen LogP contribution in [0.1, 0.15) is 35.1 Å². The Labute approximate surface area is 173 Å². The highest BCUT2D eigenvalue weighted by atomic mass is 35.5. The van der Waals surface area contributed by atoms with Gasteiger partial charge in [0, 0.05) is 24.5 Å². The van der Waals surface area contributed by atoms with E-state index in [2.05, 4.69) is 12.0 Å². The van der Waals surface area contributed by atoms with Crippen LogP contribution in [0.5, 0.6) is 0 Å². The van der Waals surface area contributed by atoms with E-state index in [1.165, 1.54) is 23.5 Å². The number of carbonyl (C=O) groups excluding carboxylic acids is 1. The summed E-state index contributed by atoms with van der Waals surface area (Å²) in [7, 11) is 0. The lowest BCUT2D eigenvalue weighted by molar-refractivity contribution is 0.0578. The van der Waals surface area contributed by atoms with Gasteiger partial charge in [0.05, 0.1) is 16.3 Å². The number of nitrogens with zero attached hydrogens (tertiary/aromatic N) is 3. The monoisotopic (exact) mass is 422 g/mol. The minimum absolute atomic E-state index is 0. The topological polar surface area (TPSA) is 64.2 Å². The molecule has 3 aromatic rings. The summed E-state index contributed by atoms with van der Waals surface area (Å²) >= 11 is 1.43. The molecule has 2 atom stereocenters. The van der Waals surface area contributed by atoms with Crippen molar-refractivity contribution in [3.8, 4) is 5.69 Å². The summed E-state index contributed by atoms with van der Waals surface area (Å²) in [6.07, 6.45) is 1.96. The summed E-state index contributed by atoms with van der Waals surface area (Å²) < 4.78 is 15.0. The van der Waals surface area contributed by atoms with Gasteiger partial charge in [-0.2, -0.15) is 5.10 Å². The highest BCUT2D eigenvalue weighted by Crippen LogP contribution is 2.32. The number of amides is 1. The van der Waals surface area contributed by atoms with E-state index in [-0.39, 0.29) is 30.2 Å². The van der Waals surface area contributed by atoms with Gasteiger partial charge in [0.2, 0.25) is 0 Å². The van der Waals surface area contributed by atoms with Crippen LogP contribution in [0.15, 0.2) is 30.3 Å². The van der Waals surface area contributed by atoms with Gasteiger partial charge in [0.1, 0.15) is 10.6 Å². The van der Waals surface area contributed by atoms with Crippen molar-refractivity contribution in [1.82, 2.24) is 14.7 Å². The minimum atomic E-state index is -0.284. The zero-order valence-electron chi connectivity index (χ0n) is 15.9. The van der Waals surface area contributed by atoms with Crippen molar-refractivity contribution >= 4 is 39.9 Å². The molecule has 1 aliphatic heterocycles. The summed E-state index contributed by atoms with van der Waals surface area (Å²) in [4.78, 5) is 16.7. The number of aryl methyl sites for hydroxylation is 1. The minimum Gasteiger partial charge on any atom is -0.334 e. The molecule has 2 N–H and O–H groups in total. The van der Waals surface area contributed by atoms with Crippen molar-refractivity contribution in [2.45, 2.75) is 32.7 Å². The van der Waals surface area contributed by atoms with E-state index in [1.807, 2.05) is 17.9 Å². The quantitative estimate of drug-likeness (QED) is 0.689. The molecule has 2 unspecified atom stereocenters. The lowest BCUT2D eigenvalue weighted by Gasteiger charge is -2.37. The number of carbonyl (C=O) groups is 1. The van der Waals surface area contributed by atoms with Crippen molar-refractivity contribution in [1.29, 1.82) is 0 Å². The third kappa shape index (κ3) is 3.66. The smallest absolute Gasteiger partial charge is 0.264 e. The molecular formula is C20H24ClFN4OS. The Bertz CT molecular complexity index is 984. The molecule has 0 radical (unpaired) electrons. The molecule has 5 nitrogen and oxygen atoms in total. The van der Waals surface area contributed by atoms with Crippen LogP contribution < -0.4 is 5.73 Å². The van der Waals surface area contributed by atoms with Crippen LogP contribution in [0, 0.1) is 18.7 Å². The molecule has 1 fully saturated rings. The van der Waals surface area contributed by atoms with Crippen LogP contribution in [0.25, 0.3) is 15.9 Å². The zero-order chi connectivity index (χ0) is 19.1. The number of benzene rings is 1. The van der Waals surface area contributed by atoms with Crippen LogP contribution in [-0.4, -0.2) is 39.7 Å². The molecule has 2 aromatic heterocycles. The van der Waals surface area contributed by atoms with E-state index in [0.29, 0.717) is 17.3 Å². The largest absolute Gasteiger partial charge is 0.334 e. The van der Waals surface area contributed by atoms with Gasteiger partial charge in [-0.15, -0.1) is 23.7 Å². The molecule has 4 rings (SSSR count). The summed E-state index contributed by atoms with van der Waals surface area (Å²) in [5.41, 5.74) is 7.56. The number of aromatic nitrogens is 2. The van der Waals surface area contributed by atoms with E-state index in [1.54, 1.807) is 16.8 Å². The highest BCUT2D eigenvalue weighted by molar-refractivity contribution is 7.20. The Morgan fingerprint density at radius 1 is 1.36 bits per heavy atom. The number of nitrogens with two attached hydrogens (primary N) is 1. The molecule has 0 spiro atoms. The average Bonchev–Trinajstić information content (AvgIpc) is 3.22. The van der Waals surface area contributed by atoms with Crippen LogP contribution in [-0.2, 0) is 0 Å². The first-order chi connectivity index (χ1) is 13.0. The Morgan fingerprint density at radius 2 is 2.07 bits per heavy atom. The lowest BCUT2D eigenvalue weighted by Crippen LogP contribution is -2.49. The summed E-state index contributed by atoms with van der Waals surface area (Å²) in [6.45, 7) is 5.38. The average molecular weight is 423 g/mol. The number of piperidine rings is 1. The molecule has 1 amide bonds. The first-order valence-corrected chi connectivity index (χ1v) is 10.1. The maximum absolute atomic E-state index is 13.2. The van der Waals surface area contributed by atoms with Gasteiger partial charge < -0.3 is 10.6 Å². The van der Waals surface area contributed by atoms with Crippen molar-refractivity contribution < 1.29 is 9.18 Å². The third-order valence-corrected chi connectivity index (χ3v) is 6.44. The molecule has 3 heterocycles. The molecular weight excluding hydrogens is 399 g/mol. The fraction of sp³-hybridized carbons (Fsp3) is 0.400. The fourth-order valence-electron chi connectivity index (χ4n) is 3.79. The third-order valence-electron chi connectivity index (χ3n) is 5.34. The molecule has 150 valence electrons. The van der Waals surface area contributed by atoms with Gasteiger partial charge in [-0.3, -0.25) is 4.79 Å². The van der Waals surface area contributed by atoms with Crippen LogP contribution in [0.2, 0.25) is 0 Å². The molecule has 1 aromatic carbocycles. The maximum Gasteiger partial charge on any atom is 0.264 e. The summed E-state index contributed by atoms with van der Waals surface area (Å²) in [6, 6.07) is 8.24. The van der Waals surface area contributed by atoms with Crippen molar-refractivity contribution in [3.63, 3.8) is 0 Å². The zero-order valence-corrected chi connectivity index (χ0v) is 17.5.